The van der Waals surface area contributed by atoms with Crippen LogP contribution in [0.15, 0.2) is 46.3 Å². The molecule has 0 bridgehead atoms. The number of sulfonamides is 2. The summed E-state index contributed by atoms with van der Waals surface area (Å²) in [5.41, 5.74) is 0. The number of morpholine rings is 1. The quantitative estimate of drug-likeness (QED) is 0.670. The lowest BCUT2D eigenvalue weighted by atomic mass is 10.3. The predicted octanol–water partition coefficient (Wildman–Crippen LogP) is 0.920. The van der Waals surface area contributed by atoms with Crippen LogP contribution in [0.4, 0.5) is 5.82 Å². The third-order valence-electron chi connectivity index (χ3n) is 4.24. The van der Waals surface area contributed by atoms with Gasteiger partial charge in [0.05, 0.1) is 27.4 Å². The highest BCUT2D eigenvalue weighted by atomic mass is 32.2. The second-order valence-corrected chi connectivity index (χ2v) is 9.61. The lowest BCUT2D eigenvalue weighted by molar-refractivity contribution is 0.0730. The minimum atomic E-state index is -4.05. The number of hydrogen-bond donors (Lipinski definition) is 1. The van der Waals surface area contributed by atoms with E-state index in [0.717, 1.165) is 6.20 Å². The Bertz CT molecular complexity index is 1060. The van der Waals surface area contributed by atoms with E-state index in [2.05, 4.69) is 9.71 Å². The molecule has 2 aromatic rings. The van der Waals surface area contributed by atoms with Crippen LogP contribution in [-0.4, -0.2) is 66.6 Å². The zero-order valence-corrected chi connectivity index (χ0v) is 17.5. The molecule has 0 radical (unpaired) electrons. The van der Waals surface area contributed by atoms with Gasteiger partial charge in [-0.3, -0.25) is 4.72 Å². The third-order valence-corrected chi connectivity index (χ3v) is 7.50. The van der Waals surface area contributed by atoms with Crippen LogP contribution >= 0.6 is 0 Å². The molecule has 1 saturated heterocycles. The lowest BCUT2D eigenvalue weighted by Gasteiger charge is -2.25. The molecule has 1 aromatic heterocycles. The average molecular weight is 444 g/mol. The maximum absolute atomic E-state index is 12.8. The second kappa shape index (κ2) is 8.53. The molecule has 1 fully saturated rings. The Labute approximate surface area is 169 Å². The summed E-state index contributed by atoms with van der Waals surface area (Å²) in [6, 6.07) is 6.95. The van der Waals surface area contributed by atoms with Gasteiger partial charge in [-0.05, 0) is 24.3 Å². The van der Waals surface area contributed by atoms with Crippen LogP contribution < -0.4 is 14.2 Å². The molecule has 3 rings (SSSR count). The minimum absolute atomic E-state index is 0.0266. The van der Waals surface area contributed by atoms with Crippen molar-refractivity contribution in [2.45, 2.75) is 9.79 Å². The molecule has 0 amide bonds. The molecule has 2 heterocycles. The number of nitrogens with one attached hydrogen (secondary N) is 1. The van der Waals surface area contributed by atoms with Crippen molar-refractivity contribution >= 4 is 25.9 Å². The number of pyridine rings is 1. The van der Waals surface area contributed by atoms with Gasteiger partial charge in [-0.15, -0.1) is 0 Å². The molecular formula is C17H21N3O7S2. The van der Waals surface area contributed by atoms with Crippen molar-refractivity contribution in [2.24, 2.45) is 0 Å². The van der Waals surface area contributed by atoms with E-state index in [1.165, 1.54) is 42.8 Å². The van der Waals surface area contributed by atoms with Crippen LogP contribution in [-0.2, 0) is 24.8 Å². The first-order chi connectivity index (χ1) is 13.8. The maximum atomic E-state index is 12.8. The molecule has 1 aliphatic rings. The van der Waals surface area contributed by atoms with Gasteiger partial charge in [0.2, 0.25) is 10.0 Å². The molecule has 0 atom stereocenters. The van der Waals surface area contributed by atoms with Gasteiger partial charge in [-0.25, -0.2) is 21.8 Å². The Morgan fingerprint density at radius 3 is 2.34 bits per heavy atom. The highest BCUT2D eigenvalue weighted by Gasteiger charge is 2.27. The predicted molar refractivity (Wildman–Crippen MR) is 104 cm³/mol. The number of nitrogens with zero attached hydrogens (tertiary/aromatic N) is 2. The van der Waals surface area contributed by atoms with E-state index >= 15 is 0 Å². The fourth-order valence-corrected chi connectivity index (χ4v) is 5.26. The normalized spacial score (nSPS) is 15.7. The zero-order chi connectivity index (χ0) is 21.1. The molecule has 12 heteroatoms. The van der Waals surface area contributed by atoms with Gasteiger partial charge in [0.25, 0.3) is 10.0 Å². The van der Waals surface area contributed by atoms with E-state index in [9.17, 15) is 16.8 Å². The van der Waals surface area contributed by atoms with Crippen molar-refractivity contribution in [2.75, 3.05) is 45.2 Å². The molecule has 1 aliphatic heterocycles. The molecule has 1 aromatic carbocycles. The van der Waals surface area contributed by atoms with E-state index in [4.69, 9.17) is 14.2 Å². The van der Waals surface area contributed by atoms with E-state index in [0.29, 0.717) is 19.0 Å². The maximum Gasteiger partial charge on any atom is 0.266 e. The Morgan fingerprint density at radius 2 is 1.76 bits per heavy atom. The van der Waals surface area contributed by atoms with Crippen molar-refractivity contribution in [3.8, 4) is 11.5 Å². The summed E-state index contributed by atoms with van der Waals surface area (Å²) < 4.78 is 69.7. The first-order valence-corrected chi connectivity index (χ1v) is 11.5. The van der Waals surface area contributed by atoms with Crippen molar-refractivity contribution in [3.05, 3.63) is 36.5 Å². The van der Waals surface area contributed by atoms with E-state index < -0.39 is 20.0 Å². The fourth-order valence-electron chi connectivity index (χ4n) is 2.72. The average Bonchev–Trinajstić information content (AvgIpc) is 2.74. The number of ether oxygens (including phenoxy) is 3. The summed E-state index contributed by atoms with van der Waals surface area (Å²) in [4.78, 5) is 3.79. The molecule has 0 saturated carbocycles. The van der Waals surface area contributed by atoms with E-state index in [1.54, 1.807) is 6.07 Å². The standard InChI is InChI=1S/C17H21N3O7S2/c1-25-13-3-5-15(26-2)16(11-13)28(21,22)19-17-6-4-14(12-18-17)29(23,24)20-7-9-27-10-8-20/h3-6,11-12H,7-10H2,1-2H3,(H,18,19). The fraction of sp³-hybridized carbons (Fsp3) is 0.353. The van der Waals surface area contributed by atoms with Crippen molar-refractivity contribution in [1.82, 2.24) is 9.29 Å². The molecule has 10 nitrogen and oxygen atoms in total. The molecule has 0 unspecified atom stereocenters. The van der Waals surface area contributed by atoms with Gasteiger partial charge in [-0.1, -0.05) is 0 Å². The van der Waals surface area contributed by atoms with Crippen molar-refractivity contribution < 1.29 is 31.0 Å². The zero-order valence-electron chi connectivity index (χ0n) is 15.9. The van der Waals surface area contributed by atoms with Crippen molar-refractivity contribution in [3.63, 3.8) is 0 Å². The van der Waals surface area contributed by atoms with Gasteiger partial charge in [0.1, 0.15) is 27.1 Å². The highest BCUT2D eigenvalue weighted by Crippen LogP contribution is 2.29. The monoisotopic (exact) mass is 443 g/mol. The topological polar surface area (TPSA) is 124 Å². The number of aromatic nitrogens is 1. The van der Waals surface area contributed by atoms with Crippen LogP contribution in [0.5, 0.6) is 11.5 Å². The van der Waals surface area contributed by atoms with Gasteiger partial charge in [-0.2, -0.15) is 4.31 Å². The molecule has 158 valence electrons. The summed E-state index contributed by atoms with van der Waals surface area (Å²) in [7, 11) is -5.00. The lowest BCUT2D eigenvalue weighted by Crippen LogP contribution is -2.40. The molecule has 0 aliphatic carbocycles. The Morgan fingerprint density at radius 1 is 1.03 bits per heavy atom. The number of methoxy groups -OCH3 is 2. The highest BCUT2D eigenvalue weighted by molar-refractivity contribution is 7.92. The smallest absolute Gasteiger partial charge is 0.266 e. The molecular weight excluding hydrogens is 422 g/mol. The molecule has 1 N–H and O–H groups in total. The number of anilines is 1. The van der Waals surface area contributed by atoms with Crippen LogP contribution in [0.25, 0.3) is 0 Å². The summed E-state index contributed by atoms with van der Waals surface area (Å²) in [6.07, 6.45) is 1.12. The molecule has 29 heavy (non-hydrogen) atoms. The van der Waals surface area contributed by atoms with Crippen LogP contribution in [0, 0.1) is 0 Å². The van der Waals surface area contributed by atoms with E-state index in [-0.39, 0.29) is 34.4 Å². The summed E-state index contributed by atoms with van der Waals surface area (Å²) in [5.74, 6) is 0.437. The largest absolute Gasteiger partial charge is 0.497 e. The minimum Gasteiger partial charge on any atom is -0.497 e. The van der Waals surface area contributed by atoms with Crippen LogP contribution in [0.3, 0.4) is 0 Å². The SMILES string of the molecule is COc1ccc(OC)c(S(=O)(=O)Nc2ccc(S(=O)(=O)N3CCOCC3)cn2)c1. The summed E-state index contributed by atoms with van der Waals surface area (Å²) in [5, 5.41) is 0. The summed E-state index contributed by atoms with van der Waals surface area (Å²) >= 11 is 0. The van der Waals surface area contributed by atoms with E-state index in [1.807, 2.05) is 0 Å². The number of rotatable bonds is 7. The summed E-state index contributed by atoms with van der Waals surface area (Å²) in [6.45, 7) is 1.17. The van der Waals surface area contributed by atoms with Crippen LogP contribution in [0.2, 0.25) is 0 Å². The third kappa shape index (κ3) is 4.61. The van der Waals surface area contributed by atoms with Gasteiger partial charge >= 0.3 is 0 Å². The first-order valence-electron chi connectivity index (χ1n) is 8.57. The number of hydrogen-bond acceptors (Lipinski definition) is 8. The Kier molecular flexibility index (Phi) is 6.27. The van der Waals surface area contributed by atoms with Gasteiger partial charge in [0, 0.05) is 25.4 Å². The first kappa shape index (κ1) is 21.3. The molecule has 0 spiro atoms. The van der Waals surface area contributed by atoms with Crippen molar-refractivity contribution in [1.29, 1.82) is 0 Å². The van der Waals surface area contributed by atoms with Gasteiger partial charge in [0.15, 0.2) is 0 Å². The Balaban J connectivity index is 1.84. The van der Waals surface area contributed by atoms with Gasteiger partial charge < -0.3 is 14.2 Å². The van der Waals surface area contributed by atoms with Crippen LogP contribution in [0.1, 0.15) is 0 Å². The number of benzene rings is 1. The Hall–Kier alpha value is -2.41. The second-order valence-electron chi connectivity index (χ2n) is 6.02.